The van der Waals surface area contributed by atoms with Gasteiger partial charge in [0.05, 0.1) is 0 Å². The highest BCUT2D eigenvalue weighted by Crippen LogP contribution is 2.07. The van der Waals surface area contributed by atoms with Gasteiger partial charge in [0, 0.05) is 31.4 Å². The molecule has 1 aromatic rings. The molecule has 2 rings (SSSR count). The molecule has 4 nitrogen and oxygen atoms in total. The van der Waals surface area contributed by atoms with Crippen LogP contribution in [0.25, 0.3) is 0 Å². The highest BCUT2D eigenvalue weighted by molar-refractivity contribution is 5.08. The van der Waals surface area contributed by atoms with Crippen molar-refractivity contribution >= 4 is 0 Å². The average molecular weight is 235 g/mol. The van der Waals surface area contributed by atoms with Crippen molar-refractivity contribution in [1.29, 1.82) is 0 Å². The van der Waals surface area contributed by atoms with Crippen molar-refractivity contribution in [2.75, 3.05) is 19.6 Å². The van der Waals surface area contributed by atoms with E-state index < -0.39 is 0 Å². The van der Waals surface area contributed by atoms with Crippen LogP contribution in [0.5, 0.6) is 0 Å². The molecule has 1 unspecified atom stereocenters. The van der Waals surface area contributed by atoms with Gasteiger partial charge in [-0.2, -0.15) is 0 Å². The first-order valence-electron chi connectivity index (χ1n) is 6.37. The summed E-state index contributed by atoms with van der Waals surface area (Å²) in [5, 5.41) is 3.48. The van der Waals surface area contributed by atoms with E-state index in [1.807, 2.05) is 6.07 Å². The van der Waals surface area contributed by atoms with Crippen molar-refractivity contribution in [3.8, 4) is 0 Å². The van der Waals surface area contributed by atoms with Gasteiger partial charge >= 0.3 is 0 Å². The summed E-state index contributed by atoms with van der Waals surface area (Å²) in [6, 6.07) is 3.93. The Kier molecular flexibility index (Phi) is 4.34. The fraction of sp³-hybridized carbons (Fsp3) is 0.615. The predicted molar refractivity (Wildman–Crippen MR) is 69.0 cm³/mol. The Morgan fingerprint density at radius 3 is 2.82 bits per heavy atom. The van der Waals surface area contributed by atoms with Crippen LogP contribution in [-0.2, 0) is 6.54 Å². The van der Waals surface area contributed by atoms with Crippen LogP contribution in [0.4, 0.5) is 0 Å². The van der Waals surface area contributed by atoms with E-state index in [0.29, 0.717) is 6.04 Å². The highest BCUT2D eigenvalue weighted by Gasteiger charge is 2.13. The van der Waals surface area contributed by atoms with Crippen LogP contribution >= 0.6 is 0 Å². The lowest BCUT2D eigenvalue weighted by Crippen LogP contribution is -2.37. The van der Waals surface area contributed by atoms with Crippen molar-refractivity contribution in [3.63, 3.8) is 0 Å². The van der Waals surface area contributed by atoms with E-state index in [-0.39, 0.29) is 5.56 Å². The Morgan fingerprint density at radius 1 is 1.41 bits per heavy atom. The SMILES string of the molecule is CC(CN1CCCC1)NCc1ccc(=O)[nH]c1. The van der Waals surface area contributed by atoms with E-state index in [1.54, 1.807) is 12.3 Å². The van der Waals surface area contributed by atoms with Crippen LogP contribution in [0.15, 0.2) is 23.1 Å². The predicted octanol–water partition coefficient (Wildman–Crippen LogP) is 0.949. The molecule has 0 amide bonds. The van der Waals surface area contributed by atoms with Crippen LogP contribution in [0.2, 0.25) is 0 Å². The third-order valence-electron chi connectivity index (χ3n) is 3.23. The molecule has 17 heavy (non-hydrogen) atoms. The zero-order chi connectivity index (χ0) is 12.1. The third kappa shape index (κ3) is 3.98. The summed E-state index contributed by atoms with van der Waals surface area (Å²) in [5.74, 6) is 0. The van der Waals surface area contributed by atoms with Gasteiger partial charge in [0.1, 0.15) is 0 Å². The van der Waals surface area contributed by atoms with E-state index in [2.05, 4.69) is 22.1 Å². The van der Waals surface area contributed by atoms with Gasteiger partial charge in [-0.3, -0.25) is 4.79 Å². The molecular formula is C13H21N3O. The van der Waals surface area contributed by atoms with Gasteiger partial charge in [0.25, 0.3) is 0 Å². The number of hydrogen-bond donors (Lipinski definition) is 2. The lowest BCUT2D eigenvalue weighted by Gasteiger charge is -2.21. The van der Waals surface area contributed by atoms with Crippen molar-refractivity contribution < 1.29 is 0 Å². The number of H-pyrrole nitrogens is 1. The number of nitrogens with zero attached hydrogens (tertiary/aromatic N) is 1. The maximum Gasteiger partial charge on any atom is 0.247 e. The normalized spacial score (nSPS) is 18.4. The molecule has 1 atom stereocenters. The maximum atomic E-state index is 10.9. The molecule has 0 bridgehead atoms. The highest BCUT2D eigenvalue weighted by atomic mass is 16.1. The molecule has 0 radical (unpaired) electrons. The molecular weight excluding hydrogens is 214 g/mol. The second-order valence-electron chi connectivity index (χ2n) is 4.85. The number of nitrogens with one attached hydrogen (secondary N) is 2. The molecule has 1 aliphatic rings. The molecule has 1 saturated heterocycles. The molecule has 4 heteroatoms. The summed E-state index contributed by atoms with van der Waals surface area (Å²) in [6.45, 7) is 6.62. The van der Waals surface area contributed by atoms with Crippen LogP contribution in [0.3, 0.4) is 0 Å². The quantitative estimate of drug-likeness (QED) is 0.799. The number of rotatable bonds is 5. The molecule has 2 heterocycles. The topological polar surface area (TPSA) is 48.1 Å². The summed E-state index contributed by atoms with van der Waals surface area (Å²) in [7, 11) is 0. The van der Waals surface area contributed by atoms with Gasteiger partial charge < -0.3 is 15.2 Å². The van der Waals surface area contributed by atoms with Crippen molar-refractivity contribution in [2.45, 2.75) is 32.4 Å². The van der Waals surface area contributed by atoms with E-state index in [0.717, 1.165) is 18.7 Å². The first-order chi connectivity index (χ1) is 8.24. The Bertz CT molecular complexity index is 375. The van der Waals surface area contributed by atoms with Crippen LogP contribution in [-0.4, -0.2) is 35.6 Å². The monoisotopic (exact) mass is 235 g/mol. The zero-order valence-electron chi connectivity index (χ0n) is 10.4. The third-order valence-corrected chi connectivity index (χ3v) is 3.23. The number of hydrogen-bond acceptors (Lipinski definition) is 3. The molecule has 1 aromatic heterocycles. The maximum absolute atomic E-state index is 10.9. The van der Waals surface area contributed by atoms with E-state index in [9.17, 15) is 4.79 Å². The van der Waals surface area contributed by atoms with E-state index in [4.69, 9.17) is 0 Å². The molecule has 94 valence electrons. The Labute approximate surface area is 102 Å². The summed E-state index contributed by atoms with van der Waals surface area (Å²) < 4.78 is 0. The summed E-state index contributed by atoms with van der Waals surface area (Å²) in [4.78, 5) is 16.1. The Hall–Kier alpha value is -1.13. The molecule has 0 saturated carbocycles. The van der Waals surface area contributed by atoms with Gasteiger partial charge in [-0.1, -0.05) is 6.07 Å². The molecule has 1 fully saturated rings. The zero-order valence-corrected chi connectivity index (χ0v) is 10.4. The largest absolute Gasteiger partial charge is 0.329 e. The van der Waals surface area contributed by atoms with Crippen LogP contribution in [0.1, 0.15) is 25.3 Å². The summed E-state index contributed by atoms with van der Waals surface area (Å²) >= 11 is 0. The standard InChI is InChI=1S/C13H21N3O/c1-11(10-16-6-2-3-7-16)14-8-12-4-5-13(17)15-9-12/h4-5,9,11,14H,2-3,6-8,10H2,1H3,(H,15,17). The van der Waals surface area contributed by atoms with Crippen LogP contribution in [0, 0.1) is 0 Å². The fourth-order valence-electron chi connectivity index (χ4n) is 2.26. The summed E-state index contributed by atoms with van der Waals surface area (Å²) in [5.41, 5.74) is 1.08. The van der Waals surface area contributed by atoms with Gasteiger partial charge in [0.15, 0.2) is 0 Å². The second kappa shape index (κ2) is 5.98. The Balaban J connectivity index is 1.73. The number of likely N-dealkylation sites (tertiary alicyclic amines) is 1. The summed E-state index contributed by atoms with van der Waals surface area (Å²) in [6.07, 6.45) is 4.46. The molecule has 0 aromatic carbocycles. The lowest BCUT2D eigenvalue weighted by molar-refractivity contribution is 0.298. The average Bonchev–Trinajstić information content (AvgIpc) is 2.81. The number of pyridine rings is 1. The lowest BCUT2D eigenvalue weighted by atomic mass is 10.2. The second-order valence-corrected chi connectivity index (χ2v) is 4.85. The van der Waals surface area contributed by atoms with Crippen molar-refractivity contribution in [2.24, 2.45) is 0 Å². The van der Waals surface area contributed by atoms with E-state index in [1.165, 1.54) is 25.9 Å². The molecule has 1 aliphatic heterocycles. The minimum atomic E-state index is -0.0427. The molecule has 0 spiro atoms. The van der Waals surface area contributed by atoms with Crippen molar-refractivity contribution in [3.05, 3.63) is 34.2 Å². The van der Waals surface area contributed by atoms with Gasteiger partial charge in [0.2, 0.25) is 5.56 Å². The van der Waals surface area contributed by atoms with Crippen LogP contribution < -0.4 is 10.9 Å². The van der Waals surface area contributed by atoms with Crippen molar-refractivity contribution in [1.82, 2.24) is 15.2 Å². The minimum Gasteiger partial charge on any atom is -0.329 e. The smallest absolute Gasteiger partial charge is 0.247 e. The number of aromatic amines is 1. The first-order valence-corrected chi connectivity index (χ1v) is 6.37. The fourth-order valence-corrected chi connectivity index (χ4v) is 2.26. The Morgan fingerprint density at radius 2 is 2.18 bits per heavy atom. The van der Waals surface area contributed by atoms with E-state index >= 15 is 0 Å². The minimum absolute atomic E-state index is 0.0427. The molecule has 0 aliphatic carbocycles. The first kappa shape index (κ1) is 12.3. The van der Waals surface area contributed by atoms with Gasteiger partial charge in [-0.15, -0.1) is 0 Å². The van der Waals surface area contributed by atoms with Gasteiger partial charge in [-0.25, -0.2) is 0 Å². The van der Waals surface area contributed by atoms with Gasteiger partial charge in [-0.05, 0) is 38.4 Å². The number of aromatic nitrogens is 1. The molecule has 2 N–H and O–H groups in total.